The molecule has 1 rings (SSSR count). The van der Waals surface area contributed by atoms with Crippen LogP contribution in [0.2, 0.25) is 0 Å². The van der Waals surface area contributed by atoms with Crippen LogP contribution in [0.1, 0.15) is 32.4 Å². The maximum Gasteiger partial charge on any atom is 0.531 e. The van der Waals surface area contributed by atoms with Gasteiger partial charge in [-0.15, -0.1) is 0 Å². The standard InChI is InChI=1S/C13H21N2O5P/c1-4-10-18-21(16,19-11-5-2)20-13(15-17-3)12-8-6-7-9-14-12/h6-9H,4-5,10-11H2,1-3H3. The van der Waals surface area contributed by atoms with Crippen molar-refractivity contribution in [2.45, 2.75) is 26.7 Å². The fourth-order valence-corrected chi connectivity index (χ4v) is 2.62. The molecule has 0 N–H and O–H groups in total. The second-order valence-corrected chi connectivity index (χ2v) is 5.59. The summed E-state index contributed by atoms with van der Waals surface area (Å²) in [5, 5.41) is 3.70. The van der Waals surface area contributed by atoms with Crippen LogP contribution in [0.4, 0.5) is 0 Å². The zero-order valence-corrected chi connectivity index (χ0v) is 13.4. The minimum atomic E-state index is -3.75. The van der Waals surface area contributed by atoms with E-state index in [0.717, 1.165) is 0 Å². The molecule has 0 aliphatic rings. The van der Waals surface area contributed by atoms with Crippen molar-refractivity contribution in [3.63, 3.8) is 0 Å². The normalized spacial score (nSPS) is 12.2. The van der Waals surface area contributed by atoms with Gasteiger partial charge in [0.15, 0.2) is 0 Å². The van der Waals surface area contributed by atoms with E-state index in [2.05, 4.69) is 10.1 Å². The lowest BCUT2D eigenvalue weighted by atomic mass is 10.3. The summed E-state index contributed by atoms with van der Waals surface area (Å²) in [7, 11) is -2.40. The average Bonchev–Trinajstić information content (AvgIpc) is 2.52. The molecule has 0 aliphatic heterocycles. The van der Waals surface area contributed by atoms with Crippen LogP contribution in [0, 0.1) is 0 Å². The van der Waals surface area contributed by atoms with Gasteiger partial charge in [-0.25, -0.2) is 4.57 Å². The first-order valence-electron chi connectivity index (χ1n) is 6.76. The molecular formula is C13H21N2O5P. The molecule has 0 bridgehead atoms. The maximum atomic E-state index is 12.6. The van der Waals surface area contributed by atoms with Crippen molar-refractivity contribution in [3.8, 4) is 0 Å². The molecule has 0 fully saturated rings. The predicted octanol–water partition coefficient (Wildman–Crippen LogP) is 3.37. The smallest absolute Gasteiger partial charge is 0.396 e. The van der Waals surface area contributed by atoms with Gasteiger partial charge in [0.05, 0.1) is 13.2 Å². The Labute approximate surface area is 124 Å². The van der Waals surface area contributed by atoms with Gasteiger partial charge in [0, 0.05) is 6.20 Å². The van der Waals surface area contributed by atoms with Crippen LogP contribution in [0.15, 0.2) is 29.6 Å². The molecule has 0 atom stereocenters. The van der Waals surface area contributed by atoms with Crippen LogP contribution >= 0.6 is 7.82 Å². The van der Waals surface area contributed by atoms with Crippen molar-refractivity contribution in [2.75, 3.05) is 20.3 Å². The molecule has 118 valence electrons. The van der Waals surface area contributed by atoms with Crippen molar-refractivity contribution in [2.24, 2.45) is 5.16 Å². The highest BCUT2D eigenvalue weighted by molar-refractivity contribution is 7.49. The summed E-state index contributed by atoms with van der Waals surface area (Å²) in [4.78, 5) is 8.78. The number of oxime groups is 1. The SMILES string of the molecule is CCCOP(=O)(OCCC)OC(=NOC)c1ccccn1. The van der Waals surface area contributed by atoms with Crippen LogP contribution in [-0.2, 0) is 23.0 Å². The Bertz CT molecular complexity index is 469. The zero-order chi connectivity index (χ0) is 15.6. The van der Waals surface area contributed by atoms with Crippen LogP contribution in [-0.4, -0.2) is 31.2 Å². The molecule has 0 unspecified atom stereocenters. The average molecular weight is 316 g/mol. The summed E-state index contributed by atoms with van der Waals surface area (Å²) in [6.45, 7) is 4.30. The van der Waals surface area contributed by atoms with E-state index in [-0.39, 0.29) is 19.1 Å². The lowest BCUT2D eigenvalue weighted by Crippen LogP contribution is -2.11. The number of rotatable bonds is 9. The quantitative estimate of drug-likeness (QED) is 0.301. The molecule has 7 nitrogen and oxygen atoms in total. The molecule has 8 heteroatoms. The molecule has 0 aliphatic carbocycles. The van der Waals surface area contributed by atoms with E-state index in [1.165, 1.54) is 7.11 Å². The Kier molecular flexibility index (Phi) is 7.97. The summed E-state index contributed by atoms with van der Waals surface area (Å²) in [6.07, 6.45) is 2.93. The number of hydrogen-bond acceptors (Lipinski definition) is 7. The van der Waals surface area contributed by atoms with Crippen LogP contribution in [0.25, 0.3) is 0 Å². The van der Waals surface area contributed by atoms with E-state index in [1.807, 2.05) is 13.8 Å². The van der Waals surface area contributed by atoms with E-state index in [1.54, 1.807) is 24.4 Å². The highest BCUT2D eigenvalue weighted by Gasteiger charge is 2.31. The van der Waals surface area contributed by atoms with Gasteiger partial charge in [-0.1, -0.05) is 19.9 Å². The molecule has 0 spiro atoms. The minimum Gasteiger partial charge on any atom is -0.396 e. The monoisotopic (exact) mass is 316 g/mol. The summed E-state index contributed by atoms with van der Waals surface area (Å²) < 4.78 is 28.4. The Morgan fingerprint density at radius 2 is 1.90 bits per heavy atom. The number of hydrogen-bond donors (Lipinski definition) is 0. The number of pyridine rings is 1. The second kappa shape index (κ2) is 9.50. The number of phosphoric acid groups is 1. The Balaban J connectivity index is 2.91. The first kappa shape index (κ1) is 17.6. The number of aromatic nitrogens is 1. The Morgan fingerprint density at radius 1 is 1.24 bits per heavy atom. The van der Waals surface area contributed by atoms with Crippen molar-refractivity contribution in [3.05, 3.63) is 30.1 Å². The topological polar surface area (TPSA) is 79.2 Å². The molecule has 0 aromatic carbocycles. The van der Waals surface area contributed by atoms with Gasteiger partial charge in [0.25, 0.3) is 5.90 Å². The van der Waals surface area contributed by atoms with Gasteiger partial charge < -0.3 is 9.36 Å². The summed E-state index contributed by atoms with van der Waals surface area (Å²) in [6, 6.07) is 5.15. The first-order chi connectivity index (χ1) is 10.1. The summed E-state index contributed by atoms with van der Waals surface area (Å²) >= 11 is 0. The highest BCUT2D eigenvalue weighted by Crippen LogP contribution is 2.50. The largest absolute Gasteiger partial charge is 0.531 e. The lowest BCUT2D eigenvalue weighted by Gasteiger charge is -2.18. The van der Waals surface area contributed by atoms with Crippen LogP contribution < -0.4 is 0 Å². The van der Waals surface area contributed by atoms with E-state index >= 15 is 0 Å². The highest BCUT2D eigenvalue weighted by atomic mass is 31.2. The number of nitrogens with zero attached hydrogens (tertiary/aromatic N) is 2. The molecule has 0 saturated carbocycles. The van der Waals surface area contributed by atoms with E-state index in [9.17, 15) is 4.57 Å². The molecular weight excluding hydrogens is 295 g/mol. The summed E-state index contributed by atoms with van der Waals surface area (Å²) in [5.41, 5.74) is 0.375. The van der Waals surface area contributed by atoms with Gasteiger partial charge in [-0.05, 0) is 30.1 Å². The van der Waals surface area contributed by atoms with Crippen molar-refractivity contribution in [1.29, 1.82) is 0 Å². The van der Waals surface area contributed by atoms with Gasteiger partial charge >= 0.3 is 7.82 Å². The molecule has 0 amide bonds. The van der Waals surface area contributed by atoms with Crippen molar-refractivity contribution >= 4 is 13.7 Å². The van der Waals surface area contributed by atoms with Crippen molar-refractivity contribution < 1.29 is 23.0 Å². The van der Waals surface area contributed by atoms with Crippen molar-refractivity contribution in [1.82, 2.24) is 4.98 Å². The molecule has 1 aromatic rings. The molecule has 0 radical (unpaired) electrons. The molecule has 21 heavy (non-hydrogen) atoms. The Hall–Kier alpha value is -1.43. The second-order valence-electron chi connectivity index (χ2n) is 4.00. The predicted molar refractivity (Wildman–Crippen MR) is 79.0 cm³/mol. The minimum absolute atomic E-state index is 0.0476. The van der Waals surface area contributed by atoms with E-state index in [0.29, 0.717) is 18.5 Å². The van der Waals surface area contributed by atoms with Crippen LogP contribution in [0.3, 0.4) is 0 Å². The third kappa shape index (κ3) is 6.25. The van der Waals surface area contributed by atoms with Crippen LogP contribution in [0.5, 0.6) is 0 Å². The zero-order valence-electron chi connectivity index (χ0n) is 12.5. The summed E-state index contributed by atoms with van der Waals surface area (Å²) in [5.74, 6) is -0.0476. The molecule has 1 aromatic heterocycles. The maximum absolute atomic E-state index is 12.6. The Morgan fingerprint density at radius 3 is 2.38 bits per heavy atom. The lowest BCUT2D eigenvalue weighted by molar-refractivity contribution is 0.146. The molecule has 0 saturated heterocycles. The van der Waals surface area contributed by atoms with Gasteiger partial charge in [0.2, 0.25) is 0 Å². The molecule has 1 heterocycles. The van der Waals surface area contributed by atoms with E-state index in [4.69, 9.17) is 18.4 Å². The first-order valence-corrected chi connectivity index (χ1v) is 8.22. The third-order valence-corrected chi connectivity index (χ3v) is 3.56. The van der Waals surface area contributed by atoms with E-state index < -0.39 is 7.82 Å². The van der Waals surface area contributed by atoms with Gasteiger partial charge in [0.1, 0.15) is 12.8 Å². The van der Waals surface area contributed by atoms with Gasteiger partial charge in [-0.3, -0.25) is 14.0 Å². The van der Waals surface area contributed by atoms with Gasteiger partial charge in [-0.2, -0.15) is 0 Å². The fraction of sp³-hybridized carbons (Fsp3) is 0.538. The fourth-order valence-electron chi connectivity index (χ4n) is 1.28. The third-order valence-electron chi connectivity index (χ3n) is 2.16. The number of phosphoric ester groups is 1.